The van der Waals surface area contributed by atoms with E-state index in [9.17, 15) is 4.79 Å². The molecule has 0 aliphatic carbocycles. The first-order valence-electron chi connectivity index (χ1n) is 7.87. The fourth-order valence-electron chi connectivity index (χ4n) is 1.47. The van der Waals surface area contributed by atoms with Crippen molar-refractivity contribution in [3.05, 3.63) is 64.8 Å². The van der Waals surface area contributed by atoms with Gasteiger partial charge in [-0.1, -0.05) is 55.4 Å². The summed E-state index contributed by atoms with van der Waals surface area (Å²) in [6.45, 7) is 13.5. The van der Waals surface area contributed by atoms with Crippen molar-refractivity contribution in [2.24, 2.45) is 0 Å². The Labute approximate surface area is 156 Å². The molecule has 4 heteroatoms. The van der Waals surface area contributed by atoms with Gasteiger partial charge < -0.3 is 10.2 Å². The van der Waals surface area contributed by atoms with E-state index in [1.807, 2.05) is 38.2 Å². The van der Waals surface area contributed by atoms with E-state index >= 15 is 0 Å². The molecule has 0 heterocycles. The molecule has 0 unspecified atom stereocenters. The molecule has 3 nitrogen and oxygen atoms in total. The molecule has 0 aliphatic heterocycles. The van der Waals surface area contributed by atoms with Gasteiger partial charge in [0.05, 0.1) is 0 Å². The minimum Gasteiger partial charge on any atom is -0.388 e. The lowest BCUT2D eigenvalue weighted by molar-refractivity contribution is -0.104. The summed E-state index contributed by atoms with van der Waals surface area (Å²) >= 11 is 3.45. The molecule has 1 aromatic carbocycles. The Morgan fingerprint density at radius 3 is 2.21 bits per heavy atom. The Balaban J connectivity index is 0. The topological polar surface area (TPSA) is 32.3 Å². The Bertz CT molecular complexity index is 549. The zero-order valence-electron chi connectivity index (χ0n) is 15.8. The molecule has 1 N–H and O–H groups in total. The lowest BCUT2D eigenvalue weighted by Gasteiger charge is -2.12. The van der Waals surface area contributed by atoms with Crippen LogP contribution in [0.3, 0.4) is 0 Å². The summed E-state index contributed by atoms with van der Waals surface area (Å²) in [5.41, 5.74) is 3.76. The van der Waals surface area contributed by atoms with Gasteiger partial charge in [0.25, 0.3) is 0 Å². The number of nitrogens with one attached hydrogen (secondary N) is 1. The number of rotatable bonds is 5. The van der Waals surface area contributed by atoms with E-state index in [0.717, 1.165) is 10.2 Å². The number of benzene rings is 1. The normalized spacial score (nSPS) is 9.54. The molecule has 24 heavy (non-hydrogen) atoms. The molecule has 0 saturated heterocycles. The SMILES string of the molecule is C=C/C(=C/C(=C)C=O)N(C)C.CCC.CNc1cccc(Br)c1C. The third kappa shape index (κ3) is 10.8. The lowest BCUT2D eigenvalue weighted by Crippen LogP contribution is -2.09. The monoisotopic (exact) mass is 394 g/mol. The molecule has 0 aromatic heterocycles. The molecular weight excluding hydrogens is 364 g/mol. The average molecular weight is 395 g/mol. The van der Waals surface area contributed by atoms with Crippen LogP contribution in [0.5, 0.6) is 0 Å². The summed E-state index contributed by atoms with van der Waals surface area (Å²) in [7, 11) is 5.69. The third-order valence-corrected chi connectivity index (χ3v) is 3.61. The summed E-state index contributed by atoms with van der Waals surface area (Å²) in [4.78, 5) is 12.0. The van der Waals surface area contributed by atoms with Crippen LogP contribution in [0.25, 0.3) is 0 Å². The van der Waals surface area contributed by atoms with E-state index in [1.165, 1.54) is 17.7 Å². The van der Waals surface area contributed by atoms with E-state index in [1.54, 1.807) is 12.2 Å². The van der Waals surface area contributed by atoms with Gasteiger partial charge in [-0.15, -0.1) is 0 Å². The van der Waals surface area contributed by atoms with Gasteiger partial charge in [-0.25, -0.2) is 0 Å². The zero-order valence-corrected chi connectivity index (χ0v) is 17.4. The van der Waals surface area contributed by atoms with Gasteiger partial charge in [0.2, 0.25) is 0 Å². The predicted octanol–water partition coefficient (Wildman–Crippen LogP) is 5.59. The number of aldehydes is 1. The fourth-order valence-corrected chi connectivity index (χ4v) is 1.84. The number of carbonyl (C=O) groups excluding carboxylic acids is 1. The summed E-state index contributed by atoms with van der Waals surface area (Å²) in [5, 5.41) is 3.11. The molecule has 0 spiro atoms. The summed E-state index contributed by atoms with van der Waals surface area (Å²) < 4.78 is 1.15. The molecule has 0 bridgehead atoms. The van der Waals surface area contributed by atoms with Crippen molar-refractivity contribution in [3.8, 4) is 0 Å². The largest absolute Gasteiger partial charge is 0.388 e. The summed E-state index contributed by atoms with van der Waals surface area (Å²) in [6, 6.07) is 6.11. The highest BCUT2D eigenvalue weighted by atomic mass is 79.9. The highest BCUT2D eigenvalue weighted by Crippen LogP contribution is 2.22. The van der Waals surface area contributed by atoms with Crippen LogP contribution < -0.4 is 5.32 Å². The molecule has 0 radical (unpaired) electrons. The van der Waals surface area contributed by atoms with Crippen molar-refractivity contribution in [1.82, 2.24) is 4.90 Å². The maximum atomic E-state index is 10.2. The summed E-state index contributed by atoms with van der Waals surface area (Å²) in [5.74, 6) is 0. The number of allylic oxidation sites excluding steroid dienone is 3. The molecule has 1 rings (SSSR count). The van der Waals surface area contributed by atoms with Crippen LogP contribution in [0.1, 0.15) is 25.8 Å². The average Bonchev–Trinajstić information content (AvgIpc) is 2.56. The van der Waals surface area contributed by atoms with Gasteiger partial charge in [0.15, 0.2) is 0 Å². The van der Waals surface area contributed by atoms with Crippen molar-refractivity contribution in [2.75, 3.05) is 26.5 Å². The molecule has 134 valence electrons. The molecule has 0 fully saturated rings. The van der Waals surface area contributed by atoms with Crippen molar-refractivity contribution in [3.63, 3.8) is 0 Å². The number of hydrogen-bond acceptors (Lipinski definition) is 3. The predicted molar refractivity (Wildman–Crippen MR) is 112 cm³/mol. The van der Waals surface area contributed by atoms with E-state index in [0.29, 0.717) is 11.9 Å². The van der Waals surface area contributed by atoms with Crippen LogP contribution in [-0.2, 0) is 4.79 Å². The summed E-state index contributed by atoms with van der Waals surface area (Å²) in [6.07, 6.45) is 5.32. The minimum atomic E-state index is 0.452. The first-order valence-corrected chi connectivity index (χ1v) is 8.66. The van der Waals surface area contributed by atoms with E-state index in [2.05, 4.69) is 61.2 Å². The third-order valence-electron chi connectivity index (χ3n) is 2.75. The Morgan fingerprint density at radius 1 is 1.33 bits per heavy atom. The van der Waals surface area contributed by atoms with E-state index in [4.69, 9.17) is 0 Å². The van der Waals surface area contributed by atoms with Crippen molar-refractivity contribution < 1.29 is 4.79 Å². The van der Waals surface area contributed by atoms with E-state index in [-0.39, 0.29) is 0 Å². The van der Waals surface area contributed by atoms with Crippen molar-refractivity contribution in [1.29, 1.82) is 0 Å². The van der Waals surface area contributed by atoms with Crippen LogP contribution in [0.4, 0.5) is 5.69 Å². The van der Waals surface area contributed by atoms with Crippen LogP contribution in [0, 0.1) is 6.92 Å². The van der Waals surface area contributed by atoms with Gasteiger partial charge in [0, 0.05) is 42.6 Å². The fraction of sp³-hybridized carbons (Fsp3) is 0.350. The van der Waals surface area contributed by atoms with E-state index < -0.39 is 0 Å². The number of hydrogen-bond donors (Lipinski definition) is 1. The molecular formula is C20H31BrN2O. The Kier molecular flexibility index (Phi) is 15.0. The maximum absolute atomic E-state index is 10.2. The quantitative estimate of drug-likeness (QED) is 0.401. The van der Waals surface area contributed by atoms with Crippen molar-refractivity contribution in [2.45, 2.75) is 27.2 Å². The van der Waals surface area contributed by atoms with Gasteiger partial charge in [-0.2, -0.15) is 0 Å². The van der Waals surface area contributed by atoms with Crippen molar-refractivity contribution >= 4 is 27.9 Å². The molecule has 0 saturated carbocycles. The minimum absolute atomic E-state index is 0.452. The number of nitrogens with zero attached hydrogens (tertiary/aromatic N) is 1. The highest BCUT2D eigenvalue weighted by molar-refractivity contribution is 9.10. The zero-order chi connectivity index (χ0) is 19.1. The number of likely N-dealkylation sites (N-methyl/N-ethyl adjacent to an activating group) is 1. The van der Waals surface area contributed by atoms with Crippen LogP contribution in [0.2, 0.25) is 0 Å². The first-order chi connectivity index (χ1) is 11.3. The second-order valence-corrected chi connectivity index (χ2v) is 6.08. The lowest BCUT2D eigenvalue weighted by atomic mass is 10.2. The number of halogens is 1. The van der Waals surface area contributed by atoms with Gasteiger partial charge in [-0.05, 0) is 36.8 Å². The number of anilines is 1. The second kappa shape index (κ2) is 14.8. The second-order valence-electron chi connectivity index (χ2n) is 5.23. The van der Waals surface area contributed by atoms with Gasteiger partial charge in [0.1, 0.15) is 6.29 Å². The van der Waals surface area contributed by atoms with Gasteiger partial charge in [-0.3, -0.25) is 4.79 Å². The highest BCUT2D eigenvalue weighted by Gasteiger charge is 1.97. The maximum Gasteiger partial charge on any atom is 0.149 e. The van der Waals surface area contributed by atoms with Gasteiger partial charge >= 0.3 is 0 Å². The molecule has 0 atom stereocenters. The van der Waals surface area contributed by atoms with Crippen LogP contribution >= 0.6 is 15.9 Å². The standard InChI is InChI=1S/C9H13NO.C8H10BrN.C3H8/c1-5-9(10(3)4)6-8(2)7-11;1-6-7(9)4-3-5-8(6)10-2;1-3-2/h5-7H,1-2H2,3-4H3;3-5,10H,1-2H3;3H2,1-2H3/b9-6-;;. The molecule has 0 aliphatic rings. The van der Waals surface area contributed by atoms with Crippen LogP contribution in [-0.4, -0.2) is 32.3 Å². The smallest absolute Gasteiger partial charge is 0.149 e. The Hall–Kier alpha value is -1.81. The van der Waals surface area contributed by atoms with Crippen LogP contribution in [0.15, 0.2) is 59.3 Å². The number of carbonyl (C=O) groups is 1. The first kappa shape index (κ1) is 24.4. The Morgan fingerprint density at radius 2 is 1.88 bits per heavy atom. The molecule has 1 aromatic rings. The molecule has 0 amide bonds.